The Hall–Kier alpha value is -3.95. The predicted molar refractivity (Wildman–Crippen MR) is 149 cm³/mol. The van der Waals surface area contributed by atoms with Gasteiger partial charge in [0.05, 0.1) is 11.9 Å². The third-order valence-corrected chi connectivity index (χ3v) is 6.44. The van der Waals surface area contributed by atoms with Gasteiger partial charge in [-0.2, -0.15) is 4.98 Å². The summed E-state index contributed by atoms with van der Waals surface area (Å²) < 4.78 is 10.8. The van der Waals surface area contributed by atoms with Crippen LogP contribution in [0.5, 0.6) is 0 Å². The van der Waals surface area contributed by atoms with Crippen molar-refractivity contribution in [2.75, 3.05) is 31.1 Å². The third-order valence-electron chi connectivity index (χ3n) is 6.44. The molecule has 1 fully saturated rings. The van der Waals surface area contributed by atoms with E-state index in [1.807, 2.05) is 66.8 Å². The second-order valence-corrected chi connectivity index (χ2v) is 11.8. The molecule has 10 heteroatoms. The number of piperazine rings is 1. The molecule has 10 nitrogen and oxygen atoms in total. The number of rotatable bonds is 5. The number of aromatic nitrogens is 3. The summed E-state index contributed by atoms with van der Waals surface area (Å²) in [4.78, 5) is 37.6. The van der Waals surface area contributed by atoms with Crippen LogP contribution in [0, 0.1) is 6.92 Å². The molecule has 0 bridgehead atoms. The van der Waals surface area contributed by atoms with Crippen LogP contribution >= 0.6 is 0 Å². The average Bonchev–Trinajstić information content (AvgIpc) is 3.38. The summed E-state index contributed by atoms with van der Waals surface area (Å²) >= 11 is 0. The number of hydrogen-bond acceptors (Lipinski definition) is 8. The van der Waals surface area contributed by atoms with Gasteiger partial charge in [0, 0.05) is 49.9 Å². The molecule has 0 aliphatic carbocycles. The largest absolute Gasteiger partial charge is 0.444 e. The quantitative estimate of drug-likeness (QED) is 0.500. The molecule has 3 heterocycles. The highest BCUT2D eigenvalue weighted by Crippen LogP contribution is 2.32. The molecule has 4 rings (SSSR count). The summed E-state index contributed by atoms with van der Waals surface area (Å²) in [5, 5.41) is 6.70. The van der Waals surface area contributed by atoms with Crippen molar-refractivity contribution in [2.24, 2.45) is 0 Å². The van der Waals surface area contributed by atoms with Crippen LogP contribution in [0.15, 0.2) is 41.2 Å². The Bertz CT molecular complexity index is 1330. The fourth-order valence-corrected chi connectivity index (χ4v) is 4.28. The molecule has 1 saturated heterocycles. The van der Waals surface area contributed by atoms with Crippen molar-refractivity contribution in [3.63, 3.8) is 0 Å². The molecule has 208 valence electrons. The van der Waals surface area contributed by atoms with Crippen molar-refractivity contribution >= 4 is 17.7 Å². The Morgan fingerprint density at radius 3 is 2.38 bits per heavy atom. The lowest BCUT2D eigenvalue weighted by atomic mass is 9.97. The fourth-order valence-electron chi connectivity index (χ4n) is 4.28. The lowest BCUT2D eigenvalue weighted by molar-refractivity contribution is 0.0240. The Labute approximate surface area is 229 Å². The van der Waals surface area contributed by atoms with E-state index in [0.717, 1.165) is 27.9 Å². The number of ether oxygens (including phenoxy) is 1. The maximum atomic E-state index is 12.6. The van der Waals surface area contributed by atoms with E-state index in [1.165, 1.54) is 0 Å². The van der Waals surface area contributed by atoms with Crippen LogP contribution in [0.3, 0.4) is 0 Å². The minimum absolute atomic E-state index is 0.0300. The first-order chi connectivity index (χ1) is 18.3. The molecule has 2 amide bonds. The molecule has 0 spiro atoms. The molecule has 2 aromatic heterocycles. The van der Waals surface area contributed by atoms with Gasteiger partial charge in [0.1, 0.15) is 5.60 Å². The van der Waals surface area contributed by atoms with Crippen LogP contribution in [0.4, 0.5) is 10.5 Å². The van der Waals surface area contributed by atoms with E-state index >= 15 is 0 Å². The van der Waals surface area contributed by atoms with E-state index in [9.17, 15) is 9.59 Å². The molecule has 0 atom stereocenters. The number of carbonyl (C=O) groups is 2. The van der Waals surface area contributed by atoms with E-state index < -0.39 is 5.60 Å². The van der Waals surface area contributed by atoms with Gasteiger partial charge >= 0.3 is 6.09 Å². The van der Waals surface area contributed by atoms with Crippen LogP contribution in [-0.4, -0.2) is 63.8 Å². The molecule has 1 N–H and O–H groups in total. The van der Waals surface area contributed by atoms with Crippen LogP contribution in [0.25, 0.3) is 11.1 Å². The van der Waals surface area contributed by atoms with E-state index in [1.54, 1.807) is 11.1 Å². The van der Waals surface area contributed by atoms with Crippen molar-refractivity contribution in [1.29, 1.82) is 0 Å². The predicted octanol–water partition coefficient (Wildman–Crippen LogP) is 4.72. The highest BCUT2D eigenvalue weighted by Gasteiger charge is 2.27. The van der Waals surface area contributed by atoms with Crippen molar-refractivity contribution < 1.29 is 18.8 Å². The molecular weight excluding hydrogens is 496 g/mol. The summed E-state index contributed by atoms with van der Waals surface area (Å²) in [6, 6.07) is 8.20. The second-order valence-electron chi connectivity index (χ2n) is 11.8. The number of pyridine rings is 1. The zero-order chi connectivity index (χ0) is 28.4. The lowest BCUT2D eigenvalue weighted by Crippen LogP contribution is -2.50. The molecule has 1 aliphatic rings. The van der Waals surface area contributed by atoms with Gasteiger partial charge in [-0.3, -0.25) is 9.78 Å². The van der Waals surface area contributed by atoms with Crippen LogP contribution in [0.1, 0.15) is 69.2 Å². The average molecular weight is 535 g/mol. The SMILES string of the molecule is Cc1cc(-c2ccncc2N2CCN(C(=O)OC(C)(C)C)CC2)ccc1CNC(=O)c1noc(C(C)(C)C)n1. The first-order valence-electron chi connectivity index (χ1n) is 13.2. The first kappa shape index (κ1) is 28.1. The Morgan fingerprint density at radius 2 is 1.77 bits per heavy atom. The number of amides is 2. The smallest absolute Gasteiger partial charge is 0.410 e. The van der Waals surface area contributed by atoms with Crippen molar-refractivity contribution in [3.05, 3.63) is 59.5 Å². The minimum Gasteiger partial charge on any atom is -0.444 e. The Morgan fingerprint density at radius 1 is 1.05 bits per heavy atom. The molecule has 1 aromatic carbocycles. The Kier molecular flexibility index (Phi) is 7.94. The summed E-state index contributed by atoms with van der Waals surface area (Å²) in [5.74, 6) is 0.0784. The van der Waals surface area contributed by atoms with Crippen LogP contribution < -0.4 is 10.2 Å². The maximum Gasteiger partial charge on any atom is 0.410 e. The fraction of sp³-hybridized carbons (Fsp3) is 0.483. The summed E-state index contributed by atoms with van der Waals surface area (Å²) in [6.45, 7) is 16.4. The van der Waals surface area contributed by atoms with Crippen molar-refractivity contribution in [2.45, 2.75) is 66.0 Å². The van der Waals surface area contributed by atoms with Crippen molar-refractivity contribution in [1.82, 2.24) is 25.3 Å². The standard InChI is InChI=1S/C29H38N6O4/c1-19-16-20(8-9-21(19)17-31-25(36)24-32-26(39-33-24)28(2,3)4)22-10-11-30-18-23(22)34-12-14-35(15-13-34)27(37)38-29(5,6)7/h8-11,16,18H,12-15,17H2,1-7H3,(H,31,36). The van der Waals surface area contributed by atoms with Gasteiger partial charge < -0.3 is 24.4 Å². The van der Waals surface area contributed by atoms with Gasteiger partial charge in [-0.05, 0) is 50.5 Å². The molecule has 0 unspecified atom stereocenters. The number of nitrogens with one attached hydrogen (secondary N) is 1. The highest BCUT2D eigenvalue weighted by molar-refractivity contribution is 5.90. The van der Waals surface area contributed by atoms with Crippen LogP contribution in [0.2, 0.25) is 0 Å². The number of anilines is 1. The first-order valence-corrected chi connectivity index (χ1v) is 13.2. The zero-order valence-corrected chi connectivity index (χ0v) is 23.9. The summed E-state index contributed by atoms with van der Waals surface area (Å²) in [5.41, 5.74) is 4.35. The molecular formula is C29H38N6O4. The van der Waals surface area contributed by atoms with Gasteiger partial charge in [0.15, 0.2) is 0 Å². The highest BCUT2D eigenvalue weighted by atomic mass is 16.6. The van der Waals surface area contributed by atoms with Gasteiger partial charge in [0.2, 0.25) is 5.89 Å². The second kappa shape index (κ2) is 11.0. The number of nitrogens with zero attached hydrogens (tertiary/aromatic N) is 5. The van der Waals surface area contributed by atoms with Gasteiger partial charge in [-0.15, -0.1) is 0 Å². The van der Waals surface area contributed by atoms with Gasteiger partial charge in [-0.25, -0.2) is 4.79 Å². The number of aryl methyl sites for hydroxylation is 1. The van der Waals surface area contributed by atoms with Gasteiger partial charge in [-0.1, -0.05) is 44.1 Å². The van der Waals surface area contributed by atoms with E-state index in [4.69, 9.17) is 9.26 Å². The molecule has 0 saturated carbocycles. The minimum atomic E-state index is -0.514. The molecule has 3 aromatic rings. The zero-order valence-electron chi connectivity index (χ0n) is 23.9. The van der Waals surface area contributed by atoms with Crippen LogP contribution in [-0.2, 0) is 16.7 Å². The number of carbonyl (C=O) groups excluding carboxylic acids is 2. The molecule has 39 heavy (non-hydrogen) atoms. The lowest BCUT2D eigenvalue weighted by Gasteiger charge is -2.37. The molecule has 0 radical (unpaired) electrons. The van der Waals surface area contributed by atoms with Crippen molar-refractivity contribution in [3.8, 4) is 11.1 Å². The van der Waals surface area contributed by atoms with E-state index in [-0.39, 0.29) is 23.2 Å². The van der Waals surface area contributed by atoms with Gasteiger partial charge in [0.25, 0.3) is 11.7 Å². The third kappa shape index (κ3) is 6.93. The summed E-state index contributed by atoms with van der Waals surface area (Å²) in [6.07, 6.45) is 3.38. The summed E-state index contributed by atoms with van der Waals surface area (Å²) in [7, 11) is 0. The number of benzene rings is 1. The monoisotopic (exact) mass is 534 g/mol. The molecule has 1 aliphatic heterocycles. The van der Waals surface area contributed by atoms with E-state index in [2.05, 4.69) is 37.5 Å². The van der Waals surface area contributed by atoms with E-state index in [0.29, 0.717) is 38.6 Å². The Balaban J connectivity index is 1.42. The maximum absolute atomic E-state index is 12.6. The normalized spacial score (nSPS) is 14.3. The number of hydrogen-bond donors (Lipinski definition) is 1. The topological polar surface area (TPSA) is 114 Å².